The normalized spacial score (nSPS) is 12.4. The van der Waals surface area contributed by atoms with Gasteiger partial charge < -0.3 is 5.32 Å². The Morgan fingerprint density at radius 3 is 2.61 bits per heavy atom. The van der Waals surface area contributed by atoms with Crippen molar-refractivity contribution in [3.8, 4) is 11.4 Å². The Kier molecular flexibility index (Phi) is 4.94. The van der Waals surface area contributed by atoms with Crippen LogP contribution in [0.1, 0.15) is 11.7 Å². The van der Waals surface area contributed by atoms with Crippen molar-refractivity contribution in [2.24, 2.45) is 7.05 Å². The average molecular weight is 374 g/mol. The number of pyridine rings is 2. The SMILES string of the molecule is CN(C)[C@H](CNc1nc(-c2ccncc2)nc2c1cnn2C)c1ccccn1. The molecule has 8 heteroatoms. The summed E-state index contributed by atoms with van der Waals surface area (Å²) in [6.45, 7) is 0.654. The third kappa shape index (κ3) is 3.54. The molecule has 0 aliphatic carbocycles. The Balaban J connectivity index is 1.70. The summed E-state index contributed by atoms with van der Waals surface area (Å²) in [6, 6.07) is 9.87. The minimum absolute atomic E-state index is 0.104. The minimum Gasteiger partial charge on any atom is -0.367 e. The van der Waals surface area contributed by atoms with Gasteiger partial charge in [0.05, 0.1) is 23.3 Å². The van der Waals surface area contributed by atoms with Crippen LogP contribution in [0.2, 0.25) is 0 Å². The van der Waals surface area contributed by atoms with E-state index in [1.165, 1.54) is 0 Å². The molecule has 4 aromatic heterocycles. The fraction of sp³-hybridized carbons (Fsp3) is 0.250. The second-order valence-corrected chi connectivity index (χ2v) is 6.75. The summed E-state index contributed by atoms with van der Waals surface area (Å²) in [5.74, 6) is 1.40. The van der Waals surface area contributed by atoms with Crippen LogP contribution in [0.25, 0.3) is 22.4 Å². The molecule has 1 atom stereocenters. The number of fused-ring (bicyclic) bond motifs is 1. The van der Waals surface area contributed by atoms with E-state index in [9.17, 15) is 0 Å². The van der Waals surface area contributed by atoms with E-state index in [0.29, 0.717) is 12.4 Å². The molecule has 0 saturated heterocycles. The van der Waals surface area contributed by atoms with Crippen molar-refractivity contribution in [2.45, 2.75) is 6.04 Å². The van der Waals surface area contributed by atoms with Gasteiger partial charge in [-0.25, -0.2) is 9.97 Å². The lowest BCUT2D eigenvalue weighted by molar-refractivity contribution is 0.306. The van der Waals surface area contributed by atoms with E-state index in [-0.39, 0.29) is 6.04 Å². The Morgan fingerprint density at radius 1 is 1.07 bits per heavy atom. The minimum atomic E-state index is 0.104. The number of aromatic nitrogens is 6. The number of hydrogen-bond donors (Lipinski definition) is 1. The number of hydrogen-bond acceptors (Lipinski definition) is 7. The molecular formula is C20H22N8. The molecular weight excluding hydrogens is 352 g/mol. The summed E-state index contributed by atoms with van der Waals surface area (Å²) in [4.78, 5) is 20.2. The monoisotopic (exact) mass is 374 g/mol. The van der Waals surface area contributed by atoms with Gasteiger partial charge in [-0.3, -0.25) is 19.5 Å². The van der Waals surface area contributed by atoms with Gasteiger partial charge in [0.1, 0.15) is 5.82 Å². The molecule has 8 nitrogen and oxygen atoms in total. The maximum atomic E-state index is 4.77. The van der Waals surface area contributed by atoms with Crippen LogP contribution in [-0.4, -0.2) is 55.3 Å². The first kappa shape index (κ1) is 18.0. The van der Waals surface area contributed by atoms with Crippen molar-refractivity contribution in [2.75, 3.05) is 26.0 Å². The van der Waals surface area contributed by atoms with Gasteiger partial charge in [0, 0.05) is 37.7 Å². The van der Waals surface area contributed by atoms with E-state index in [1.54, 1.807) is 23.3 Å². The molecule has 0 aromatic carbocycles. The Morgan fingerprint density at radius 2 is 1.89 bits per heavy atom. The van der Waals surface area contributed by atoms with Crippen molar-refractivity contribution in [3.63, 3.8) is 0 Å². The average Bonchev–Trinajstić information content (AvgIpc) is 3.10. The van der Waals surface area contributed by atoms with E-state index >= 15 is 0 Å². The molecule has 4 rings (SSSR count). The predicted molar refractivity (Wildman–Crippen MR) is 109 cm³/mol. The van der Waals surface area contributed by atoms with E-state index in [2.05, 4.69) is 30.3 Å². The highest BCUT2D eigenvalue weighted by Crippen LogP contribution is 2.25. The second kappa shape index (κ2) is 7.69. The predicted octanol–water partition coefficient (Wildman–Crippen LogP) is 2.54. The molecule has 0 aliphatic heterocycles. The van der Waals surface area contributed by atoms with Crippen LogP contribution in [0, 0.1) is 0 Å². The highest BCUT2D eigenvalue weighted by molar-refractivity contribution is 5.88. The molecule has 0 amide bonds. The van der Waals surface area contributed by atoms with Gasteiger partial charge >= 0.3 is 0 Å². The van der Waals surface area contributed by atoms with Crippen LogP contribution in [0.4, 0.5) is 5.82 Å². The molecule has 0 fully saturated rings. The Hall–Kier alpha value is -3.39. The smallest absolute Gasteiger partial charge is 0.164 e. The van der Waals surface area contributed by atoms with Crippen LogP contribution >= 0.6 is 0 Å². The zero-order valence-corrected chi connectivity index (χ0v) is 16.1. The maximum Gasteiger partial charge on any atom is 0.164 e. The molecule has 0 bridgehead atoms. The Bertz CT molecular complexity index is 1060. The standard InChI is InChI=1S/C20H22N8/c1-27(2)17(16-6-4-5-9-22-16)13-23-19-15-12-24-28(3)20(15)26-18(25-19)14-7-10-21-11-8-14/h4-12,17H,13H2,1-3H3,(H,23,25,26)/t17-/m1/s1. The van der Waals surface area contributed by atoms with Gasteiger partial charge in [0.15, 0.2) is 11.5 Å². The molecule has 0 unspecified atom stereocenters. The number of nitrogens with one attached hydrogen (secondary N) is 1. The van der Waals surface area contributed by atoms with Gasteiger partial charge in [-0.05, 0) is 38.4 Å². The molecule has 4 aromatic rings. The summed E-state index contributed by atoms with van der Waals surface area (Å²) in [5.41, 5.74) is 2.70. The molecule has 0 aliphatic rings. The van der Waals surface area contributed by atoms with Crippen LogP contribution in [0.15, 0.2) is 55.1 Å². The van der Waals surface area contributed by atoms with Crippen molar-refractivity contribution in [1.82, 2.24) is 34.6 Å². The molecule has 1 N–H and O–H groups in total. The number of anilines is 1. The maximum absolute atomic E-state index is 4.77. The third-order valence-electron chi connectivity index (χ3n) is 4.65. The second-order valence-electron chi connectivity index (χ2n) is 6.75. The summed E-state index contributed by atoms with van der Waals surface area (Å²) in [6.07, 6.45) is 7.08. The molecule has 142 valence electrons. The number of likely N-dealkylation sites (N-methyl/N-ethyl adjacent to an activating group) is 1. The van der Waals surface area contributed by atoms with Gasteiger partial charge in [-0.2, -0.15) is 5.10 Å². The topological polar surface area (TPSA) is 84.6 Å². The van der Waals surface area contributed by atoms with Crippen molar-refractivity contribution in [1.29, 1.82) is 0 Å². The summed E-state index contributed by atoms with van der Waals surface area (Å²) < 4.78 is 1.76. The van der Waals surface area contributed by atoms with E-state index in [1.807, 2.05) is 57.7 Å². The molecule has 0 radical (unpaired) electrons. The first-order valence-corrected chi connectivity index (χ1v) is 9.05. The fourth-order valence-electron chi connectivity index (χ4n) is 3.11. The number of aryl methyl sites for hydroxylation is 1. The van der Waals surface area contributed by atoms with Gasteiger partial charge in [0.2, 0.25) is 0 Å². The lowest BCUT2D eigenvalue weighted by atomic mass is 10.1. The molecule has 28 heavy (non-hydrogen) atoms. The van der Waals surface area contributed by atoms with Crippen LogP contribution in [0.5, 0.6) is 0 Å². The summed E-state index contributed by atoms with van der Waals surface area (Å²) >= 11 is 0. The number of rotatable bonds is 6. The zero-order chi connectivity index (χ0) is 19.5. The van der Waals surface area contributed by atoms with Crippen molar-refractivity contribution < 1.29 is 0 Å². The highest BCUT2D eigenvalue weighted by atomic mass is 15.3. The van der Waals surface area contributed by atoms with Crippen LogP contribution in [0.3, 0.4) is 0 Å². The molecule has 0 spiro atoms. The van der Waals surface area contributed by atoms with Gasteiger partial charge in [-0.15, -0.1) is 0 Å². The highest BCUT2D eigenvalue weighted by Gasteiger charge is 2.18. The van der Waals surface area contributed by atoms with E-state index in [4.69, 9.17) is 4.98 Å². The van der Waals surface area contributed by atoms with Crippen molar-refractivity contribution >= 4 is 16.9 Å². The quantitative estimate of drug-likeness (QED) is 0.555. The molecule has 0 saturated carbocycles. The Labute approximate surface area is 163 Å². The van der Waals surface area contributed by atoms with Crippen LogP contribution in [-0.2, 0) is 7.05 Å². The lowest BCUT2D eigenvalue weighted by Crippen LogP contribution is -2.27. The third-order valence-corrected chi connectivity index (χ3v) is 4.65. The van der Waals surface area contributed by atoms with Crippen LogP contribution < -0.4 is 5.32 Å². The lowest BCUT2D eigenvalue weighted by Gasteiger charge is -2.24. The van der Waals surface area contributed by atoms with Crippen molar-refractivity contribution in [3.05, 3.63) is 60.8 Å². The van der Waals surface area contributed by atoms with E-state index < -0.39 is 0 Å². The largest absolute Gasteiger partial charge is 0.367 e. The van der Waals surface area contributed by atoms with Gasteiger partial charge in [-0.1, -0.05) is 6.07 Å². The summed E-state index contributed by atoms with van der Waals surface area (Å²) in [5, 5.41) is 8.73. The summed E-state index contributed by atoms with van der Waals surface area (Å²) in [7, 11) is 5.97. The zero-order valence-electron chi connectivity index (χ0n) is 16.1. The first-order valence-electron chi connectivity index (χ1n) is 9.05. The van der Waals surface area contributed by atoms with Gasteiger partial charge in [0.25, 0.3) is 0 Å². The van der Waals surface area contributed by atoms with E-state index in [0.717, 1.165) is 28.1 Å². The molecule has 4 heterocycles. The fourth-order valence-corrected chi connectivity index (χ4v) is 3.11. The number of nitrogens with zero attached hydrogens (tertiary/aromatic N) is 7. The first-order chi connectivity index (χ1) is 13.6.